The Kier molecular flexibility index (Phi) is 5.71. The number of hydrogen-bond acceptors (Lipinski definition) is 5. The predicted molar refractivity (Wildman–Crippen MR) is 103 cm³/mol. The van der Waals surface area contributed by atoms with Gasteiger partial charge in [0.25, 0.3) is 0 Å². The fourth-order valence-corrected chi connectivity index (χ4v) is 4.90. The molecule has 2 N–H and O–H groups in total. The van der Waals surface area contributed by atoms with E-state index in [0.29, 0.717) is 23.6 Å². The largest absolute Gasteiger partial charge is 0.467 e. The SMILES string of the molecule is CCOC(=O)C1=C(CN2CC[C@@H]3CCCC[C@@H]3C2)NC(=O)N[C@@H]1c1ccco1. The van der Waals surface area contributed by atoms with Crippen LogP contribution in [0.5, 0.6) is 0 Å². The molecule has 1 aliphatic carbocycles. The number of nitrogens with zero attached hydrogens (tertiary/aromatic N) is 1. The Balaban J connectivity index is 1.59. The summed E-state index contributed by atoms with van der Waals surface area (Å²) in [5.74, 6) is 1.68. The Labute approximate surface area is 165 Å². The number of carbonyl (C=O) groups excluding carboxylic acids is 2. The molecule has 7 nitrogen and oxygen atoms in total. The van der Waals surface area contributed by atoms with Crippen molar-refractivity contribution in [2.75, 3.05) is 26.2 Å². The smallest absolute Gasteiger partial charge is 0.338 e. The first-order valence-electron chi connectivity index (χ1n) is 10.4. The third-order valence-electron chi connectivity index (χ3n) is 6.23. The van der Waals surface area contributed by atoms with Gasteiger partial charge in [-0.05, 0) is 50.3 Å². The third kappa shape index (κ3) is 3.94. The van der Waals surface area contributed by atoms with Crippen LogP contribution in [0.15, 0.2) is 34.1 Å². The zero-order chi connectivity index (χ0) is 19.5. The summed E-state index contributed by atoms with van der Waals surface area (Å²) < 4.78 is 10.8. The quantitative estimate of drug-likeness (QED) is 0.759. The van der Waals surface area contributed by atoms with Crippen LogP contribution in [0.4, 0.5) is 4.79 Å². The zero-order valence-corrected chi connectivity index (χ0v) is 16.4. The van der Waals surface area contributed by atoms with Crippen LogP contribution in [0.2, 0.25) is 0 Å². The topological polar surface area (TPSA) is 83.8 Å². The van der Waals surface area contributed by atoms with Crippen LogP contribution in [-0.4, -0.2) is 43.1 Å². The molecule has 3 atom stereocenters. The number of hydrogen-bond donors (Lipinski definition) is 2. The van der Waals surface area contributed by atoms with Crippen LogP contribution in [0.25, 0.3) is 0 Å². The predicted octanol–water partition coefficient (Wildman–Crippen LogP) is 2.96. The number of esters is 1. The molecule has 1 saturated heterocycles. The van der Waals surface area contributed by atoms with E-state index < -0.39 is 12.0 Å². The molecule has 4 rings (SSSR count). The second-order valence-corrected chi connectivity index (χ2v) is 7.99. The lowest BCUT2D eigenvalue weighted by molar-refractivity contribution is -0.139. The molecule has 0 radical (unpaired) electrons. The Morgan fingerprint density at radius 1 is 1.29 bits per heavy atom. The Hall–Kier alpha value is -2.28. The van der Waals surface area contributed by atoms with Gasteiger partial charge in [-0.25, -0.2) is 9.59 Å². The maximum atomic E-state index is 12.8. The van der Waals surface area contributed by atoms with E-state index in [2.05, 4.69) is 15.5 Å². The second-order valence-electron chi connectivity index (χ2n) is 7.99. The van der Waals surface area contributed by atoms with E-state index in [9.17, 15) is 9.59 Å². The molecule has 3 aliphatic rings. The van der Waals surface area contributed by atoms with Gasteiger partial charge in [-0.2, -0.15) is 0 Å². The van der Waals surface area contributed by atoms with Gasteiger partial charge >= 0.3 is 12.0 Å². The van der Waals surface area contributed by atoms with Crippen LogP contribution < -0.4 is 10.6 Å². The number of ether oxygens (including phenoxy) is 1. The minimum atomic E-state index is -0.634. The monoisotopic (exact) mass is 387 g/mol. The molecule has 152 valence electrons. The van der Waals surface area contributed by atoms with Crippen molar-refractivity contribution in [1.82, 2.24) is 15.5 Å². The highest BCUT2D eigenvalue weighted by atomic mass is 16.5. The molecular formula is C21H29N3O4. The van der Waals surface area contributed by atoms with E-state index in [1.165, 1.54) is 32.1 Å². The van der Waals surface area contributed by atoms with Crippen molar-refractivity contribution in [3.63, 3.8) is 0 Å². The summed E-state index contributed by atoms with van der Waals surface area (Å²) in [7, 11) is 0. The normalized spacial score (nSPS) is 28.3. The molecule has 0 aromatic carbocycles. The van der Waals surface area contributed by atoms with Crippen molar-refractivity contribution >= 4 is 12.0 Å². The standard InChI is InChI=1S/C21H29N3O4/c1-2-27-20(25)18-16(22-21(26)23-19(18)17-8-5-11-28-17)13-24-10-9-14-6-3-4-7-15(14)12-24/h5,8,11,14-15,19H,2-4,6-7,9-10,12-13H2,1H3,(H2,22,23,26)/t14-,15+,19+/m0/s1. The van der Waals surface area contributed by atoms with E-state index in [0.717, 1.165) is 24.9 Å². The van der Waals surface area contributed by atoms with E-state index in [1.54, 1.807) is 25.3 Å². The molecule has 0 bridgehead atoms. The maximum Gasteiger partial charge on any atom is 0.338 e. The highest BCUT2D eigenvalue weighted by molar-refractivity contribution is 5.95. The van der Waals surface area contributed by atoms with Crippen molar-refractivity contribution in [1.29, 1.82) is 0 Å². The van der Waals surface area contributed by atoms with Crippen molar-refractivity contribution in [3.05, 3.63) is 35.4 Å². The van der Waals surface area contributed by atoms with Crippen LogP contribution >= 0.6 is 0 Å². The first kappa shape index (κ1) is 19.1. The van der Waals surface area contributed by atoms with E-state index in [-0.39, 0.29) is 12.6 Å². The molecule has 2 amide bonds. The molecule has 2 aliphatic heterocycles. The number of furan rings is 1. The van der Waals surface area contributed by atoms with Gasteiger partial charge in [0, 0.05) is 18.8 Å². The highest BCUT2D eigenvalue weighted by Crippen LogP contribution is 2.36. The third-order valence-corrected chi connectivity index (χ3v) is 6.23. The van der Waals surface area contributed by atoms with Crippen LogP contribution in [0, 0.1) is 11.8 Å². The van der Waals surface area contributed by atoms with Gasteiger partial charge in [0.2, 0.25) is 0 Å². The van der Waals surface area contributed by atoms with Crippen LogP contribution in [0.1, 0.15) is 50.8 Å². The first-order valence-corrected chi connectivity index (χ1v) is 10.4. The number of piperidine rings is 1. The Morgan fingerprint density at radius 3 is 2.86 bits per heavy atom. The van der Waals surface area contributed by atoms with Gasteiger partial charge < -0.3 is 19.8 Å². The van der Waals surface area contributed by atoms with Crippen molar-refractivity contribution in [2.24, 2.45) is 11.8 Å². The van der Waals surface area contributed by atoms with Gasteiger partial charge in [-0.3, -0.25) is 4.90 Å². The lowest BCUT2D eigenvalue weighted by Gasteiger charge is -2.42. The maximum absolute atomic E-state index is 12.8. The molecule has 28 heavy (non-hydrogen) atoms. The number of urea groups is 1. The summed E-state index contributed by atoms with van der Waals surface area (Å²) in [4.78, 5) is 27.4. The van der Waals surface area contributed by atoms with Crippen LogP contribution in [-0.2, 0) is 9.53 Å². The minimum absolute atomic E-state index is 0.280. The lowest BCUT2D eigenvalue weighted by Crippen LogP contribution is -2.50. The Morgan fingerprint density at radius 2 is 2.11 bits per heavy atom. The van der Waals surface area contributed by atoms with Gasteiger partial charge in [0.15, 0.2) is 0 Å². The van der Waals surface area contributed by atoms with Gasteiger partial charge in [-0.15, -0.1) is 0 Å². The fraction of sp³-hybridized carbons (Fsp3) is 0.619. The molecule has 1 aromatic rings. The van der Waals surface area contributed by atoms with Crippen molar-refractivity contribution in [2.45, 2.75) is 45.1 Å². The second kappa shape index (κ2) is 8.39. The van der Waals surface area contributed by atoms with Gasteiger partial charge in [-0.1, -0.05) is 19.3 Å². The van der Waals surface area contributed by atoms with Crippen molar-refractivity contribution < 1.29 is 18.7 Å². The van der Waals surface area contributed by atoms with Crippen LogP contribution in [0.3, 0.4) is 0 Å². The number of nitrogens with one attached hydrogen (secondary N) is 2. The van der Waals surface area contributed by atoms with Gasteiger partial charge in [0.1, 0.15) is 11.8 Å². The van der Waals surface area contributed by atoms with E-state index in [1.807, 2.05) is 0 Å². The Bertz CT molecular complexity index is 743. The number of likely N-dealkylation sites (tertiary alicyclic amines) is 1. The van der Waals surface area contributed by atoms with Gasteiger partial charge in [0.05, 0.1) is 18.4 Å². The summed E-state index contributed by atoms with van der Waals surface area (Å²) >= 11 is 0. The highest BCUT2D eigenvalue weighted by Gasteiger charge is 2.37. The average Bonchev–Trinajstić information content (AvgIpc) is 3.22. The van der Waals surface area contributed by atoms with Crippen molar-refractivity contribution in [3.8, 4) is 0 Å². The number of fused-ring (bicyclic) bond motifs is 1. The molecule has 1 saturated carbocycles. The fourth-order valence-electron chi connectivity index (χ4n) is 4.90. The molecule has 3 heterocycles. The number of amides is 2. The number of carbonyl (C=O) groups is 2. The molecule has 2 fully saturated rings. The molecule has 1 aromatic heterocycles. The first-order chi connectivity index (χ1) is 13.7. The molecule has 0 spiro atoms. The van der Waals surface area contributed by atoms with E-state index >= 15 is 0 Å². The van der Waals surface area contributed by atoms with E-state index in [4.69, 9.17) is 9.15 Å². The minimum Gasteiger partial charge on any atom is -0.467 e. The summed E-state index contributed by atoms with van der Waals surface area (Å²) in [5.41, 5.74) is 1.06. The summed E-state index contributed by atoms with van der Waals surface area (Å²) in [6.07, 6.45) is 8.03. The number of rotatable bonds is 5. The lowest BCUT2D eigenvalue weighted by atomic mass is 9.75. The molecule has 7 heteroatoms. The average molecular weight is 387 g/mol. The molecular weight excluding hydrogens is 358 g/mol. The zero-order valence-electron chi connectivity index (χ0n) is 16.4. The summed E-state index contributed by atoms with van der Waals surface area (Å²) in [5, 5.41) is 5.66. The summed E-state index contributed by atoms with van der Waals surface area (Å²) in [6, 6.07) is 2.56. The molecule has 0 unspecified atom stereocenters. The summed E-state index contributed by atoms with van der Waals surface area (Å²) in [6.45, 7) is 4.63.